The molecule has 1 aromatic rings. The molecule has 1 aromatic carbocycles. The maximum absolute atomic E-state index is 3.84. The van der Waals surface area contributed by atoms with E-state index in [1.165, 1.54) is 62.5 Å². The van der Waals surface area contributed by atoms with Crippen LogP contribution in [0.5, 0.6) is 0 Å². The summed E-state index contributed by atoms with van der Waals surface area (Å²) in [7, 11) is 0. The zero-order valence-corrected chi connectivity index (χ0v) is 12.6. The second kappa shape index (κ2) is 7.69. The summed E-state index contributed by atoms with van der Waals surface area (Å²) in [5.41, 5.74) is 2.86. The molecule has 0 spiro atoms. The predicted octanol–water partition coefficient (Wildman–Crippen LogP) is 4.63. The number of hydrogen-bond donors (Lipinski definition) is 1. The van der Waals surface area contributed by atoms with E-state index < -0.39 is 0 Å². The summed E-state index contributed by atoms with van der Waals surface area (Å²) in [6.45, 7) is 4.53. The Bertz CT molecular complexity index is 364. The molecule has 1 nitrogen and oxygen atoms in total. The van der Waals surface area contributed by atoms with Gasteiger partial charge in [0.25, 0.3) is 0 Å². The minimum absolute atomic E-state index is 0.642. The van der Waals surface area contributed by atoms with E-state index in [9.17, 15) is 0 Å². The minimum Gasteiger partial charge on any atom is -0.311 e. The summed E-state index contributed by atoms with van der Waals surface area (Å²) >= 11 is 0. The monoisotopic (exact) mass is 259 g/mol. The van der Waals surface area contributed by atoms with Crippen LogP contribution in [0.1, 0.15) is 63.0 Å². The molecular formula is C18H29N. The molecule has 19 heavy (non-hydrogen) atoms. The predicted molar refractivity (Wildman–Crippen MR) is 83.6 cm³/mol. The third-order valence-corrected chi connectivity index (χ3v) is 4.32. The summed E-state index contributed by atoms with van der Waals surface area (Å²) < 4.78 is 0. The third kappa shape index (κ3) is 5.36. The lowest BCUT2D eigenvalue weighted by molar-refractivity contribution is 0.394. The second-order valence-electron chi connectivity index (χ2n) is 6.28. The number of hydrogen-bond acceptors (Lipinski definition) is 1. The lowest BCUT2D eigenvalue weighted by atomic mass is 10.0. The first-order chi connectivity index (χ1) is 9.24. The highest BCUT2D eigenvalue weighted by Crippen LogP contribution is 2.18. The Morgan fingerprint density at radius 3 is 2.58 bits per heavy atom. The average Bonchev–Trinajstić information content (AvgIpc) is 2.65. The highest BCUT2D eigenvalue weighted by atomic mass is 14.9. The SMILES string of the molecule is Cc1cccc(CCC(C)NC2CCCCCC2)c1. The van der Waals surface area contributed by atoms with E-state index in [4.69, 9.17) is 0 Å². The molecule has 0 aromatic heterocycles. The third-order valence-electron chi connectivity index (χ3n) is 4.32. The number of rotatable bonds is 5. The second-order valence-corrected chi connectivity index (χ2v) is 6.28. The smallest absolute Gasteiger partial charge is 0.00695 e. The summed E-state index contributed by atoms with van der Waals surface area (Å²) in [6, 6.07) is 10.3. The highest BCUT2D eigenvalue weighted by molar-refractivity contribution is 5.22. The molecule has 0 radical (unpaired) electrons. The summed E-state index contributed by atoms with van der Waals surface area (Å²) in [5, 5.41) is 3.84. The van der Waals surface area contributed by atoms with Crippen LogP contribution in [0.2, 0.25) is 0 Å². The Labute approximate surface area is 118 Å². The van der Waals surface area contributed by atoms with Crippen LogP contribution < -0.4 is 5.32 Å². The first kappa shape index (κ1) is 14.6. The quantitative estimate of drug-likeness (QED) is 0.760. The molecule has 0 bridgehead atoms. The lowest BCUT2D eigenvalue weighted by Crippen LogP contribution is -2.36. The highest BCUT2D eigenvalue weighted by Gasteiger charge is 2.14. The van der Waals surface area contributed by atoms with E-state index in [1.807, 2.05) is 0 Å². The number of benzene rings is 1. The van der Waals surface area contributed by atoms with Crippen molar-refractivity contribution in [1.82, 2.24) is 5.32 Å². The van der Waals surface area contributed by atoms with E-state index in [-0.39, 0.29) is 0 Å². The summed E-state index contributed by atoms with van der Waals surface area (Å²) in [5.74, 6) is 0. The summed E-state index contributed by atoms with van der Waals surface area (Å²) in [6.07, 6.45) is 10.9. The Hall–Kier alpha value is -0.820. The molecule has 1 saturated carbocycles. The summed E-state index contributed by atoms with van der Waals surface area (Å²) in [4.78, 5) is 0. The molecule has 0 amide bonds. The van der Waals surface area contributed by atoms with Crippen LogP contribution >= 0.6 is 0 Å². The van der Waals surface area contributed by atoms with E-state index in [2.05, 4.69) is 43.4 Å². The molecule has 1 heteroatoms. The van der Waals surface area contributed by atoms with Gasteiger partial charge in [0.2, 0.25) is 0 Å². The van der Waals surface area contributed by atoms with Gasteiger partial charge in [0.05, 0.1) is 0 Å². The van der Waals surface area contributed by atoms with Crippen molar-refractivity contribution in [2.75, 3.05) is 0 Å². The van der Waals surface area contributed by atoms with Crippen molar-refractivity contribution in [3.05, 3.63) is 35.4 Å². The van der Waals surface area contributed by atoms with Gasteiger partial charge < -0.3 is 5.32 Å². The Balaban J connectivity index is 1.73. The fourth-order valence-corrected chi connectivity index (χ4v) is 3.18. The van der Waals surface area contributed by atoms with E-state index >= 15 is 0 Å². The fraction of sp³-hybridized carbons (Fsp3) is 0.667. The van der Waals surface area contributed by atoms with Crippen molar-refractivity contribution in [1.29, 1.82) is 0 Å². The van der Waals surface area contributed by atoms with Crippen molar-refractivity contribution >= 4 is 0 Å². The van der Waals surface area contributed by atoms with Crippen LogP contribution in [0.4, 0.5) is 0 Å². The van der Waals surface area contributed by atoms with Crippen molar-refractivity contribution < 1.29 is 0 Å². The molecule has 0 saturated heterocycles. The molecular weight excluding hydrogens is 230 g/mol. The molecule has 1 atom stereocenters. The molecule has 106 valence electrons. The van der Waals surface area contributed by atoms with Gasteiger partial charge in [-0.05, 0) is 45.1 Å². The Kier molecular flexibility index (Phi) is 5.91. The van der Waals surface area contributed by atoms with Crippen LogP contribution in [-0.4, -0.2) is 12.1 Å². The molecule has 0 aliphatic heterocycles. The first-order valence-electron chi connectivity index (χ1n) is 8.05. The maximum atomic E-state index is 3.84. The van der Waals surface area contributed by atoms with E-state index in [0.29, 0.717) is 6.04 Å². The van der Waals surface area contributed by atoms with E-state index in [0.717, 1.165) is 6.04 Å². The topological polar surface area (TPSA) is 12.0 Å². The van der Waals surface area contributed by atoms with Gasteiger partial charge in [0, 0.05) is 12.1 Å². The maximum Gasteiger partial charge on any atom is 0.00695 e. The minimum atomic E-state index is 0.642. The first-order valence-corrected chi connectivity index (χ1v) is 8.05. The molecule has 1 aliphatic carbocycles. The standard InChI is InChI=1S/C18H29N/c1-15-8-7-9-17(14-15)13-12-16(2)19-18-10-5-3-4-6-11-18/h7-9,14,16,18-19H,3-6,10-13H2,1-2H3. The van der Waals surface area contributed by atoms with Gasteiger partial charge in [0.15, 0.2) is 0 Å². The molecule has 1 fully saturated rings. The fourth-order valence-electron chi connectivity index (χ4n) is 3.18. The largest absolute Gasteiger partial charge is 0.311 e. The molecule has 1 aliphatic rings. The van der Waals surface area contributed by atoms with Gasteiger partial charge in [-0.3, -0.25) is 0 Å². The molecule has 2 rings (SSSR count). The Morgan fingerprint density at radius 2 is 1.89 bits per heavy atom. The van der Waals surface area contributed by atoms with Gasteiger partial charge in [0.1, 0.15) is 0 Å². The van der Waals surface area contributed by atoms with Crippen molar-refractivity contribution in [2.24, 2.45) is 0 Å². The zero-order chi connectivity index (χ0) is 13.5. The van der Waals surface area contributed by atoms with Crippen molar-refractivity contribution in [2.45, 2.75) is 77.3 Å². The van der Waals surface area contributed by atoms with Gasteiger partial charge in [-0.25, -0.2) is 0 Å². The zero-order valence-electron chi connectivity index (χ0n) is 12.6. The average molecular weight is 259 g/mol. The lowest BCUT2D eigenvalue weighted by Gasteiger charge is -2.22. The number of aryl methyl sites for hydroxylation is 2. The van der Waals surface area contributed by atoms with E-state index in [1.54, 1.807) is 0 Å². The van der Waals surface area contributed by atoms with Crippen LogP contribution in [0.3, 0.4) is 0 Å². The van der Waals surface area contributed by atoms with Gasteiger partial charge in [-0.1, -0.05) is 55.5 Å². The Morgan fingerprint density at radius 1 is 1.16 bits per heavy atom. The molecule has 1 unspecified atom stereocenters. The molecule has 0 heterocycles. The molecule has 1 N–H and O–H groups in total. The van der Waals surface area contributed by atoms with Crippen LogP contribution in [0.15, 0.2) is 24.3 Å². The van der Waals surface area contributed by atoms with Gasteiger partial charge >= 0.3 is 0 Å². The van der Waals surface area contributed by atoms with Crippen molar-refractivity contribution in [3.63, 3.8) is 0 Å². The van der Waals surface area contributed by atoms with Gasteiger partial charge in [-0.2, -0.15) is 0 Å². The van der Waals surface area contributed by atoms with Crippen LogP contribution in [0, 0.1) is 6.92 Å². The normalized spacial score (nSPS) is 19.1. The van der Waals surface area contributed by atoms with Crippen molar-refractivity contribution in [3.8, 4) is 0 Å². The van der Waals surface area contributed by atoms with Crippen LogP contribution in [-0.2, 0) is 6.42 Å². The van der Waals surface area contributed by atoms with Crippen LogP contribution in [0.25, 0.3) is 0 Å². The number of nitrogens with one attached hydrogen (secondary N) is 1. The van der Waals surface area contributed by atoms with Gasteiger partial charge in [-0.15, -0.1) is 0 Å².